The third-order valence-corrected chi connectivity index (χ3v) is 10.7. The normalized spacial score (nSPS) is 26.9. The van der Waals surface area contributed by atoms with Gasteiger partial charge in [-0.05, 0) is 82.7 Å². The van der Waals surface area contributed by atoms with Gasteiger partial charge in [0.1, 0.15) is 54.0 Å². The Morgan fingerprint density at radius 1 is 0.948 bits per heavy atom. The van der Waals surface area contributed by atoms with Gasteiger partial charge in [0, 0.05) is 38.3 Å². The molecule has 5 rings (SSSR count). The summed E-state index contributed by atoms with van der Waals surface area (Å²) >= 11 is 0. The maximum Gasteiger partial charge on any atom is 0.329 e. The number of hydrogen-bond acceptors (Lipinski definition) is 9. The lowest BCUT2D eigenvalue weighted by Gasteiger charge is -2.37. The highest BCUT2D eigenvalue weighted by Gasteiger charge is 2.47. The number of nitrogens with one attached hydrogen (secondary N) is 4. The van der Waals surface area contributed by atoms with E-state index in [2.05, 4.69) is 21.3 Å². The Bertz CT molecular complexity index is 1890. The molecule has 7 amide bonds. The monoisotopic (exact) mass is 811 g/mol. The van der Waals surface area contributed by atoms with E-state index in [0.717, 1.165) is 22.6 Å². The first-order valence-electron chi connectivity index (χ1n) is 19.3. The molecule has 3 heterocycles. The van der Waals surface area contributed by atoms with Crippen LogP contribution in [0.4, 0.5) is 19.3 Å². The summed E-state index contributed by atoms with van der Waals surface area (Å²) in [5.41, 5.74) is 1.29. The number of nitrogens with zero attached hydrogens (tertiary/aromatic N) is 3. The zero-order valence-corrected chi connectivity index (χ0v) is 33.3. The number of ether oxygens (including phenoxy) is 1. The Balaban J connectivity index is 1.51. The minimum Gasteiger partial charge on any atom is -0.458 e. The zero-order chi connectivity index (χ0) is 42.6. The number of benzene rings is 2. The molecule has 1 unspecified atom stereocenters. The highest BCUT2D eigenvalue weighted by atomic mass is 19.1. The van der Waals surface area contributed by atoms with Crippen molar-refractivity contribution in [1.29, 1.82) is 0 Å². The van der Waals surface area contributed by atoms with Gasteiger partial charge in [-0.2, -0.15) is 0 Å². The van der Waals surface area contributed by atoms with Crippen LogP contribution in [-0.2, 0) is 39.9 Å². The molecule has 9 atom stereocenters. The van der Waals surface area contributed by atoms with Gasteiger partial charge in [-0.1, -0.05) is 24.6 Å². The molecule has 58 heavy (non-hydrogen) atoms. The van der Waals surface area contributed by atoms with Gasteiger partial charge in [-0.3, -0.25) is 24.0 Å². The lowest BCUT2D eigenvalue weighted by atomic mass is 10.0. The number of rotatable bonds is 7. The second kappa shape index (κ2) is 18.3. The van der Waals surface area contributed by atoms with E-state index in [1.807, 2.05) is 13.8 Å². The van der Waals surface area contributed by atoms with E-state index in [4.69, 9.17) is 4.74 Å². The average Bonchev–Trinajstić information content (AvgIpc) is 3.80. The topological polar surface area (TPSA) is 207 Å². The Morgan fingerprint density at radius 3 is 2.24 bits per heavy atom. The van der Waals surface area contributed by atoms with Crippen LogP contribution in [0, 0.1) is 24.5 Å². The van der Waals surface area contributed by atoms with E-state index in [1.54, 1.807) is 24.3 Å². The van der Waals surface area contributed by atoms with Crippen LogP contribution in [-0.4, -0.2) is 130 Å². The lowest BCUT2D eigenvalue weighted by Crippen LogP contribution is -2.63. The van der Waals surface area contributed by atoms with Gasteiger partial charge in [-0.25, -0.2) is 18.4 Å². The van der Waals surface area contributed by atoms with Gasteiger partial charge in [0.15, 0.2) is 0 Å². The molecule has 3 aliphatic rings. The number of likely N-dealkylation sites (N-methyl/N-ethyl adjacent to an activating group) is 1. The number of halogens is 2. The molecule has 3 saturated heterocycles. The second-order valence-corrected chi connectivity index (χ2v) is 15.5. The van der Waals surface area contributed by atoms with Crippen LogP contribution in [0.25, 0.3) is 0 Å². The number of fused-ring (bicyclic) bond motifs is 2. The van der Waals surface area contributed by atoms with Crippen molar-refractivity contribution in [2.45, 2.75) is 109 Å². The van der Waals surface area contributed by atoms with Crippen LogP contribution < -0.4 is 21.3 Å². The van der Waals surface area contributed by atoms with Crippen LogP contribution in [0.2, 0.25) is 0 Å². The van der Waals surface area contributed by atoms with Crippen LogP contribution in [0.3, 0.4) is 0 Å². The molecule has 18 heteroatoms. The summed E-state index contributed by atoms with van der Waals surface area (Å²) in [4.78, 5) is 101. The molecular weight excluding hydrogens is 760 g/mol. The van der Waals surface area contributed by atoms with Crippen molar-refractivity contribution in [3.8, 4) is 0 Å². The fourth-order valence-electron chi connectivity index (χ4n) is 7.78. The van der Waals surface area contributed by atoms with Crippen molar-refractivity contribution in [3.05, 3.63) is 65.2 Å². The molecule has 0 aromatic heterocycles. The number of esters is 1. The lowest BCUT2D eigenvalue weighted by molar-refractivity contribution is -0.163. The maximum absolute atomic E-state index is 14.6. The molecular formula is C40H51F2N7O9. The molecule has 5 N–H and O–H groups in total. The number of hydrogen-bond donors (Lipinski definition) is 5. The Hall–Kier alpha value is -5.65. The van der Waals surface area contributed by atoms with E-state index >= 15 is 0 Å². The number of anilines is 1. The van der Waals surface area contributed by atoms with Crippen LogP contribution in [0.5, 0.6) is 0 Å². The van der Waals surface area contributed by atoms with Crippen molar-refractivity contribution in [2.75, 3.05) is 25.5 Å². The largest absolute Gasteiger partial charge is 0.458 e. The summed E-state index contributed by atoms with van der Waals surface area (Å²) in [6, 6.07) is 0.333. The number of cyclic esters (lactones) is 1. The highest BCUT2D eigenvalue weighted by molar-refractivity contribution is 5.98. The summed E-state index contributed by atoms with van der Waals surface area (Å²) < 4.78 is 34.4. The molecule has 2 aromatic rings. The first kappa shape index (κ1) is 43.5. The Morgan fingerprint density at radius 2 is 1.60 bits per heavy atom. The van der Waals surface area contributed by atoms with Crippen LogP contribution in [0.1, 0.15) is 58.1 Å². The molecule has 0 radical (unpaired) electrons. The predicted molar refractivity (Wildman–Crippen MR) is 205 cm³/mol. The zero-order valence-electron chi connectivity index (χ0n) is 33.3. The van der Waals surface area contributed by atoms with Crippen LogP contribution in [0.15, 0.2) is 42.5 Å². The van der Waals surface area contributed by atoms with E-state index in [0.29, 0.717) is 18.2 Å². The molecule has 314 valence electrons. The summed E-state index contributed by atoms with van der Waals surface area (Å²) in [7, 11) is 1.30. The number of carbonyl (C=O) groups is 7. The number of aliphatic hydroxyl groups is 1. The predicted octanol–water partition coefficient (Wildman–Crippen LogP) is 1.38. The third kappa shape index (κ3) is 10.1. The Labute approximate surface area is 335 Å². The van der Waals surface area contributed by atoms with Gasteiger partial charge >= 0.3 is 12.0 Å². The molecule has 0 aliphatic carbocycles. The van der Waals surface area contributed by atoms with Crippen molar-refractivity contribution in [3.63, 3.8) is 0 Å². The van der Waals surface area contributed by atoms with Gasteiger partial charge < -0.3 is 45.8 Å². The third-order valence-electron chi connectivity index (χ3n) is 10.7. The maximum atomic E-state index is 14.6. The molecule has 3 fully saturated rings. The van der Waals surface area contributed by atoms with Crippen molar-refractivity contribution in [2.24, 2.45) is 5.92 Å². The van der Waals surface area contributed by atoms with Gasteiger partial charge in [0.05, 0.1) is 6.10 Å². The minimum absolute atomic E-state index is 0.00337. The van der Waals surface area contributed by atoms with E-state index < -0.39 is 108 Å². The molecule has 2 aromatic carbocycles. The SMILES string of the molecule is Cc1ccc(NC(=O)N[C@@H](Cc2cc(F)cc(F)c2)C(=O)N[C@@H]2C(=O)N3CCC[C@H]3C(=O)N(C)[C@@H]([C@H](C)O)C(=O)N[C@@H](C)C(=O)N3C[C@@H](C)CC3C(=O)O[C@H]2C)cc1. The minimum atomic E-state index is -1.69. The Kier molecular flexibility index (Phi) is 13.7. The van der Waals surface area contributed by atoms with Gasteiger partial charge in [0.2, 0.25) is 29.5 Å². The van der Waals surface area contributed by atoms with Crippen molar-refractivity contribution in [1.82, 2.24) is 30.7 Å². The number of carbonyl (C=O) groups excluding carboxylic acids is 7. The first-order valence-corrected chi connectivity index (χ1v) is 19.3. The first-order chi connectivity index (χ1) is 27.3. The van der Waals surface area contributed by atoms with E-state index in [-0.39, 0.29) is 37.4 Å². The molecule has 16 nitrogen and oxygen atoms in total. The summed E-state index contributed by atoms with van der Waals surface area (Å²) in [6.45, 7) is 7.92. The molecule has 0 bridgehead atoms. The number of aryl methyl sites for hydroxylation is 1. The standard InChI is InChI=1S/C40H51F2N7O9/c1-20-9-11-28(12-10-20)44-40(57)45-29(17-25-15-26(41)18-27(42)16-25)34(51)46-32-24(5)58-39(56)31-14-21(2)19-49(31)36(53)22(3)43-35(52)33(23(4)50)47(6)37(54)30-8-7-13-48(30)38(32)55/h9-12,15-16,18,21-24,29-33,50H,7-8,13-14,17,19H2,1-6H3,(H,43,52)(H,46,51)(H2,44,45,57)/t21-,22-,23-,24-,29-,30-,31?,32-,33-/m0/s1. The second-order valence-electron chi connectivity index (χ2n) is 15.5. The average molecular weight is 812 g/mol. The summed E-state index contributed by atoms with van der Waals surface area (Å²) in [6.07, 6.45) is -2.58. The molecule has 0 spiro atoms. The fraction of sp³-hybridized carbons (Fsp3) is 0.525. The molecule has 3 aliphatic heterocycles. The number of urea groups is 1. The highest BCUT2D eigenvalue weighted by Crippen LogP contribution is 2.27. The smallest absolute Gasteiger partial charge is 0.329 e. The van der Waals surface area contributed by atoms with Crippen molar-refractivity contribution >= 4 is 47.2 Å². The van der Waals surface area contributed by atoms with E-state index in [1.165, 1.54) is 37.6 Å². The summed E-state index contributed by atoms with van der Waals surface area (Å²) in [5.74, 6) is -6.91. The van der Waals surface area contributed by atoms with Crippen LogP contribution >= 0.6 is 0 Å². The summed E-state index contributed by atoms with van der Waals surface area (Å²) in [5, 5.41) is 20.9. The van der Waals surface area contributed by atoms with Crippen molar-refractivity contribution < 1.29 is 52.2 Å². The fourth-order valence-corrected chi connectivity index (χ4v) is 7.78. The van der Waals surface area contributed by atoms with Gasteiger partial charge in [-0.15, -0.1) is 0 Å². The number of amides is 7. The van der Waals surface area contributed by atoms with Gasteiger partial charge in [0.25, 0.3) is 0 Å². The number of aliphatic hydroxyl groups excluding tert-OH is 1. The molecule has 0 saturated carbocycles. The van der Waals surface area contributed by atoms with E-state index in [9.17, 15) is 47.4 Å². The quantitative estimate of drug-likeness (QED) is 0.256.